The van der Waals surface area contributed by atoms with Gasteiger partial charge in [0.15, 0.2) is 17.6 Å². The van der Waals surface area contributed by atoms with Gasteiger partial charge in [0.25, 0.3) is 5.91 Å². The molecule has 1 aliphatic heterocycles. The minimum absolute atomic E-state index is 0.248. The van der Waals surface area contributed by atoms with Crippen LogP contribution in [0.2, 0.25) is 0 Å². The van der Waals surface area contributed by atoms with Gasteiger partial charge in [-0.25, -0.2) is 0 Å². The van der Waals surface area contributed by atoms with E-state index in [1.807, 2.05) is 0 Å². The molecule has 0 saturated carbocycles. The molecule has 0 saturated heterocycles. The zero-order valence-electron chi connectivity index (χ0n) is 13.6. The third kappa shape index (κ3) is 3.71. The van der Waals surface area contributed by atoms with E-state index >= 15 is 0 Å². The summed E-state index contributed by atoms with van der Waals surface area (Å²) in [5.41, 5.74) is 0.634. The van der Waals surface area contributed by atoms with Crippen LogP contribution in [0.4, 0.5) is 5.69 Å². The Morgan fingerprint density at radius 2 is 1.71 bits per heavy atom. The Bertz CT molecular complexity index is 714. The minimum Gasteiger partial charge on any atom is -0.497 e. The predicted octanol–water partition coefficient (Wildman–Crippen LogP) is 2.87. The standard InChI is InChI=1S/C18H19NO5/c1-12(24-15-6-4-14(21-2)5-7-15)18(20)19-13-3-8-16-17(11-13)23-10-9-22-16/h3-8,11-12H,9-10H2,1-2H3,(H,19,20). The summed E-state index contributed by atoms with van der Waals surface area (Å²) < 4.78 is 21.7. The van der Waals surface area contributed by atoms with Crippen LogP contribution in [-0.2, 0) is 4.79 Å². The van der Waals surface area contributed by atoms with Crippen molar-refractivity contribution >= 4 is 11.6 Å². The molecule has 1 N–H and O–H groups in total. The van der Waals surface area contributed by atoms with E-state index in [0.29, 0.717) is 36.1 Å². The second-order valence-electron chi connectivity index (χ2n) is 5.28. The molecular formula is C18H19NO5. The molecule has 0 fully saturated rings. The van der Waals surface area contributed by atoms with Gasteiger partial charge in [-0.1, -0.05) is 0 Å². The number of fused-ring (bicyclic) bond motifs is 1. The van der Waals surface area contributed by atoms with Crippen LogP contribution in [-0.4, -0.2) is 32.3 Å². The topological polar surface area (TPSA) is 66.0 Å². The summed E-state index contributed by atoms with van der Waals surface area (Å²) in [4.78, 5) is 12.3. The number of methoxy groups -OCH3 is 1. The molecule has 3 rings (SSSR count). The van der Waals surface area contributed by atoms with Gasteiger partial charge in [-0.15, -0.1) is 0 Å². The number of rotatable bonds is 5. The lowest BCUT2D eigenvalue weighted by Crippen LogP contribution is -2.30. The SMILES string of the molecule is COc1ccc(OC(C)C(=O)Nc2ccc3c(c2)OCCO3)cc1. The fourth-order valence-electron chi connectivity index (χ4n) is 2.28. The van der Waals surface area contributed by atoms with E-state index in [2.05, 4.69) is 5.32 Å². The van der Waals surface area contributed by atoms with Gasteiger partial charge in [0.2, 0.25) is 0 Å². The number of nitrogens with one attached hydrogen (secondary N) is 1. The van der Waals surface area contributed by atoms with Crippen LogP contribution in [0.15, 0.2) is 42.5 Å². The molecule has 0 aromatic heterocycles. The molecule has 6 nitrogen and oxygen atoms in total. The maximum Gasteiger partial charge on any atom is 0.265 e. The first-order chi connectivity index (χ1) is 11.7. The molecule has 2 aromatic rings. The molecule has 0 aliphatic carbocycles. The van der Waals surface area contributed by atoms with Gasteiger partial charge in [0, 0.05) is 11.8 Å². The fraction of sp³-hybridized carbons (Fsp3) is 0.278. The molecule has 1 amide bonds. The second kappa shape index (κ2) is 7.12. The Balaban J connectivity index is 1.61. The van der Waals surface area contributed by atoms with E-state index < -0.39 is 6.10 Å². The van der Waals surface area contributed by atoms with E-state index in [9.17, 15) is 4.79 Å². The summed E-state index contributed by atoms with van der Waals surface area (Å²) in [6, 6.07) is 12.4. The summed E-state index contributed by atoms with van der Waals surface area (Å²) in [5, 5.41) is 2.81. The largest absolute Gasteiger partial charge is 0.497 e. The second-order valence-corrected chi connectivity index (χ2v) is 5.28. The van der Waals surface area contributed by atoms with Crippen molar-refractivity contribution in [3.05, 3.63) is 42.5 Å². The van der Waals surface area contributed by atoms with E-state index in [-0.39, 0.29) is 5.91 Å². The molecule has 126 valence electrons. The van der Waals surface area contributed by atoms with Crippen molar-refractivity contribution in [2.24, 2.45) is 0 Å². The average molecular weight is 329 g/mol. The number of anilines is 1. The molecule has 24 heavy (non-hydrogen) atoms. The molecule has 1 atom stereocenters. The maximum absolute atomic E-state index is 12.3. The minimum atomic E-state index is -0.647. The van der Waals surface area contributed by atoms with Crippen molar-refractivity contribution < 1.29 is 23.7 Å². The summed E-state index contributed by atoms with van der Waals surface area (Å²) in [6.07, 6.45) is -0.647. The maximum atomic E-state index is 12.3. The number of carbonyl (C=O) groups excluding carboxylic acids is 1. The third-order valence-electron chi connectivity index (χ3n) is 3.55. The van der Waals surface area contributed by atoms with Gasteiger partial charge < -0.3 is 24.3 Å². The van der Waals surface area contributed by atoms with Crippen LogP contribution in [0.1, 0.15) is 6.92 Å². The number of hydrogen-bond donors (Lipinski definition) is 1. The Morgan fingerprint density at radius 3 is 2.42 bits per heavy atom. The monoisotopic (exact) mass is 329 g/mol. The van der Waals surface area contributed by atoms with E-state index in [1.165, 1.54) is 0 Å². The summed E-state index contributed by atoms with van der Waals surface area (Å²) in [5.74, 6) is 2.39. The van der Waals surface area contributed by atoms with Crippen molar-refractivity contribution in [3.63, 3.8) is 0 Å². The van der Waals surface area contributed by atoms with Crippen molar-refractivity contribution in [2.75, 3.05) is 25.6 Å². The first-order valence-electron chi connectivity index (χ1n) is 7.67. The lowest BCUT2D eigenvalue weighted by Gasteiger charge is -2.19. The smallest absolute Gasteiger partial charge is 0.265 e. The molecule has 0 bridgehead atoms. The highest BCUT2D eigenvalue weighted by molar-refractivity contribution is 5.94. The molecule has 1 unspecified atom stereocenters. The Hall–Kier alpha value is -2.89. The number of ether oxygens (including phenoxy) is 4. The number of hydrogen-bond acceptors (Lipinski definition) is 5. The summed E-state index contributed by atoms with van der Waals surface area (Å²) in [6.45, 7) is 2.73. The van der Waals surface area contributed by atoms with E-state index in [4.69, 9.17) is 18.9 Å². The van der Waals surface area contributed by atoms with Crippen molar-refractivity contribution in [2.45, 2.75) is 13.0 Å². The molecule has 6 heteroatoms. The average Bonchev–Trinajstić information content (AvgIpc) is 2.62. The van der Waals surface area contributed by atoms with Crippen molar-refractivity contribution in [1.29, 1.82) is 0 Å². The zero-order chi connectivity index (χ0) is 16.9. The zero-order valence-corrected chi connectivity index (χ0v) is 13.6. The van der Waals surface area contributed by atoms with Gasteiger partial charge >= 0.3 is 0 Å². The lowest BCUT2D eigenvalue weighted by molar-refractivity contribution is -0.122. The van der Waals surface area contributed by atoms with Gasteiger partial charge in [-0.05, 0) is 43.3 Å². The van der Waals surface area contributed by atoms with Gasteiger partial charge in [0.05, 0.1) is 7.11 Å². The van der Waals surface area contributed by atoms with Crippen LogP contribution in [0.25, 0.3) is 0 Å². The molecule has 1 aliphatic rings. The van der Waals surface area contributed by atoms with Gasteiger partial charge in [-0.2, -0.15) is 0 Å². The van der Waals surface area contributed by atoms with Crippen LogP contribution >= 0.6 is 0 Å². The van der Waals surface area contributed by atoms with Crippen LogP contribution in [0.5, 0.6) is 23.0 Å². The molecule has 0 spiro atoms. The predicted molar refractivity (Wildman–Crippen MR) is 89.1 cm³/mol. The van der Waals surface area contributed by atoms with Crippen molar-refractivity contribution in [3.8, 4) is 23.0 Å². The Kier molecular flexibility index (Phi) is 4.74. The lowest BCUT2D eigenvalue weighted by atomic mass is 10.2. The van der Waals surface area contributed by atoms with Crippen LogP contribution in [0, 0.1) is 0 Å². The third-order valence-corrected chi connectivity index (χ3v) is 3.55. The molecular weight excluding hydrogens is 310 g/mol. The van der Waals surface area contributed by atoms with E-state index in [0.717, 1.165) is 5.75 Å². The molecule has 1 heterocycles. The summed E-state index contributed by atoms with van der Waals surface area (Å²) in [7, 11) is 1.60. The highest BCUT2D eigenvalue weighted by Gasteiger charge is 2.17. The highest BCUT2D eigenvalue weighted by Crippen LogP contribution is 2.32. The highest BCUT2D eigenvalue weighted by atomic mass is 16.6. The van der Waals surface area contributed by atoms with Crippen LogP contribution in [0.3, 0.4) is 0 Å². The van der Waals surface area contributed by atoms with E-state index in [1.54, 1.807) is 56.5 Å². The molecule has 0 radical (unpaired) electrons. The van der Waals surface area contributed by atoms with Crippen molar-refractivity contribution in [1.82, 2.24) is 0 Å². The van der Waals surface area contributed by atoms with Gasteiger partial charge in [0.1, 0.15) is 24.7 Å². The quantitative estimate of drug-likeness (QED) is 0.914. The first-order valence-corrected chi connectivity index (χ1v) is 7.67. The van der Waals surface area contributed by atoms with Gasteiger partial charge in [-0.3, -0.25) is 4.79 Å². The van der Waals surface area contributed by atoms with Crippen LogP contribution < -0.4 is 24.3 Å². The normalized spacial score (nSPS) is 13.8. The Labute approximate surface area is 140 Å². The number of benzene rings is 2. The molecule has 2 aromatic carbocycles. The fourth-order valence-corrected chi connectivity index (χ4v) is 2.28. The number of amides is 1. The first kappa shape index (κ1) is 16.0. The number of carbonyl (C=O) groups is 1. The Morgan fingerprint density at radius 1 is 1.04 bits per heavy atom. The summed E-state index contributed by atoms with van der Waals surface area (Å²) >= 11 is 0.